The van der Waals surface area contributed by atoms with Gasteiger partial charge in [-0.25, -0.2) is 5.43 Å². The fourth-order valence-corrected chi connectivity index (χ4v) is 2.51. The number of phenolic OH excluding ortho intramolecular Hbond substituents is 1. The lowest BCUT2D eigenvalue weighted by Crippen LogP contribution is -2.17. The average molecular weight is 280 g/mol. The maximum atomic E-state index is 11.8. The molecule has 4 nitrogen and oxygen atoms in total. The number of aromatic hydroxyl groups is 1. The van der Waals surface area contributed by atoms with E-state index < -0.39 is 0 Å². The first kappa shape index (κ1) is 13.4. The second-order valence-corrected chi connectivity index (χ2v) is 5.13. The van der Waals surface area contributed by atoms with Crippen molar-refractivity contribution in [1.82, 2.24) is 5.43 Å². The molecule has 0 fully saturated rings. The van der Waals surface area contributed by atoms with Crippen LogP contribution in [0.3, 0.4) is 0 Å². The summed E-state index contributed by atoms with van der Waals surface area (Å²) in [4.78, 5) is 11.8. The SMILES string of the molecule is O=C(N/N=C\c1ccc2c(c1)CCC2)c1ccc(O)cc1. The molecule has 0 bridgehead atoms. The van der Waals surface area contributed by atoms with E-state index in [0.29, 0.717) is 5.56 Å². The Balaban J connectivity index is 1.64. The number of hydrazone groups is 1. The number of carbonyl (C=O) groups excluding carboxylic acids is 1. The summed E-state index contributed by atoms with van der Waals surface area (Å²) in [6.45, 7) is 0. The highest BCUT2D eigenvalue weighted by molar-refractivity contribution is 5.95. The number of rotatable bonds is 3. The van der Waals surface area contributed by atoms with Gasteiger partial charge >= 0.3 is 0 Å². The quantitative estimate of drug-likeness (QED) is 0.670. The van der Waals surface area contributed by atoms with Gasteiger partial charge in [0.1, 0.15) is 5.75 Å². The van der Waals surface area contributed by atoms with Crippen molar-refractivity contribution in [1.29, 1.82) is 0 Å². The minimum Gasteiger partial charge on any atom is -0.508 e. The number of fused-ring (bicyclic) bond motifs is 1. The van der Waals surface area contributed by atoms with Gasteiger partial charge in [0.05, 0.1) is 6.21 Å². The fourth-order valence-electron chi connectivity index (χ4n) is 2.51. The van der Waals surface area contributed by atoms with Crippen LogP contribution in [0.15, 0.2) is 47.6 Å². The molecule has 0 aliphatic heterocycles. The highest BCUT2D eigenvalue weighted by atomic mass is 16.3. The van der Waals surface area contributed by atoms with Gasteiger partial charge in [0.25, 0.3) is 5.91 Å². The molecule has 0 atom stereocenters. The second kappa shape index (κ2) is 5.79. The molecule has 0 heterocycles. The molecule has 21 heavy (non-hydrogen) atoms. The molecule has 0 aromatic heterocycles. The molecule has 1 amide bonds. The molecule has 0 radical (unpaired) electrons. The first-order chi connectivity index (χ1) is 10.2. The maximum absolute atomic E-state index is 11.8. The van der Waals surface area contributed by atoms with Gasteiger partial charge in [0, 0.05) is 5.56 Å². The third kappa shape index (κ3) is 3.11. The summed E-state index contributed by atoms with van der Waals surface area (Å²) in [6, 6.07) is 12.3. The molecule has 1 aliphatic carbocycles. The Morgan fingerprint density at radius 2 is 1.86 bits per heavy atom. The predicted molar refractivity (Wildman–Crippen MR) is 81.6 cm³/mol. The van der Waals surface area contributed by atoms with Crippen LogP contribution in [0.1, 0.15) is 33.5 Å². The Bertz CT molecular complexity index is 690. The molecule has 0 saturated heterocycles. The van der Waals surface area contributed by atoms with Crippen LogP contribution in [-0.2, 0) is 12.8 Å². The Labute approximate surface area is 123 Å². The predicted octanol–water partition coefficient (Wildman–Crippen LogP) is 2.64. The van der Waals surface area contributed by atoms with Crippen molar-refractivity contribution in [2.24, 2.45) is 5.10 Å². The summed E-state index contributed by atoms with van der Waals surface area (Å²) >= 11 is 0. The Morgan fingerprint density at radius 1 is 1.10 bits per heavy atom. The van der Waals surface area contributed by atoms with Crippen LogP contribution >= 0.6 is 0 Å². The largest absolute Gasteiger partial charge is 0.508 e. The summed E-state index contributed by atoms with van der Waals surface area (Å²) in [5.74, 6) is -0.166. The van der Waals surface area contributed by atoms with Crippen molar-refractivity contribution in [3.63, 3.8) is 0 Å². The smallest absolute Gasteiger partial charge is 0.271 e. The van der Waals surface area contributed by atoms with Crippen molar-refractivity contribution >= 4 is 12.1 Å². The zero-order valence-corrected chi connectivity index (χ0v) is 11.5. The molecular formula is C17H16N2O2. The summed E-state index contributed by atoms with van der Waals surface area (Å²) in [7, 11) is 0. The molecular weight excluding hydrogens is 264 g/mol. The third-order valence-electron chi connectivity index (χ3n) is 3.63. The molecule has 106 valence electrons. The van der Waals surface area contributed by atoms with Crippen molar-refractivity contribution in [2.75, 3.05) is 0 Å². The van der Waals surface area contributed by atoms with Gasteiger partial charge in [-0.3, -0.25) is 4.79 Å². The van der Waals surface area contributed by atoms with Gasteiger partial charge in [0.15, 0.2) is 0 Å². The zero-order chi connectivity index (χ0) is 14.7. The fraction of sp³-hybridized carbons (Fsp3) is 0.176. The van der Waals surface area contributed by atoms with E-state index >= 15 is 0 Å². The van der Waals surface area contributed by atoms with Gasteiger partial charge < -0.3 is 5.11 Å². The van der Waals surface area contributed by atoms with Crippen molar-refractivity contribution in [2.45, 2.75) is 19.3 Å². The number of phenols is 1. The van der Waals surface area contributed by atoms with Crippen LogP contribution in [-0.4, -0.2) is 17.2 Å². The van der Waals surface area contributed by atoms with E-state index in [9.17, 15) is 9.90 Å². The van der Waals surface area contributed by atoms with E-state index in [1.807, 2.05) is 6.07 Å². The number of hydrogen-bond acceptors (Lipinski definition) is 3. The maximum Gasteiger partial charge on any atom is 0.271 e. The number of amides is 1. The van der Waals surface area contributed by atoms with Crippen molar-refractivity contribution in [3.8, 4) is 5.75 Å². The summed E-state index contributed by atoms with van der Waals surface area (Å²) in [5.41, 5.74) is 6.72. The number of carbonyl (C=O) groups is 1. The molecule has 1 aliphatic rings. The number of nitrogens with one attached hydrogen (secondary N) is 1. The zero-order valence-electron chi connectivity index (χ0n) is 11.5. The molecule has 4 heteroatoms. The van der Waals surface area contributed by atoms with Gasteiger partial charge in [-0.2, -0.15) is 5.10 Å². The Morgan fingerprint density at radius 3 is 2.67 bits per heavy atom. The number of hydrogen-bond donors (Lipinski definition) is 2. The Hall–Kier alpha value is -2.62. The number of aryl methyl sites for hydroxylation is 2. The lowest BCUT2D eigenvalue weighted by Gasteiger charge is -2.01. The van der Waals surface area contributed by atoms with E-state index in [1.54, 1.807) is 18.3 Å². The van der Waals surface area contributed by atoms with Gasteiger partial charge in [-0.05, 0) is 66.3 Å². The number of nitrogens with zero attached hydrogens (tertiary/aromatic N) is 1. The first-order valence-corrected chi connectivity index (χ1v) is 6.96. The van der Waals surface area contributed by atoms with E-state index in [4.69, 9.17) is 0 Å². The van der Waals surface area contributed by atoms with E-state index in [1.165, 1.54) is 29.7 Å². The van der Waals surface area contributed by atoms with Gasteiger partial charge in [-0.15, -0.1) is 0 Å². The van der Waals surface area contributed by atoms with Gasteiger partial charge in [-0.1, -0.05) is 12.1 Å². The standard InChI is InChI=1S/C17H16N2O2/c20-16-8-6-14(7-9-16)17(21)19-18-11-12-4-5-13-2-1-3-15(13)10-12/h4-11,20H,1-3H2,(H,19,21)/b18-11-. The molecule has 0 spiro atoms. The van der Waals surface area contributed by atoms with Crippen molar-refractivity contribution < 1.29 is 9.90 Å². The van der Waals surface area contributed by atoms with Crippen LogP contribution in [0.5, 0.6) is 5.75 Å². The van der Waals surface area contributed by atoms with Crippen LogP contribution in [0, 0.1) is 0 Å². The Kier molecular flexibility index (Phi) is 3.69. The summed E-state index contributed by atoms with van der Waals surface area (Å²) < 4.78 is 0. The highest BCUT2D eigenvalue weighted by Crippen LogP contribution is 2.22. The summed E-state index contributed by atoms with van der Waals surface area (Å²) in [6.07, 6.45) is 5.14. The van der Waals surface area contributed by atoms with E-state index in [-0.39, 0.29) is 11.7 Å². The molecule has 3 rings (SSSR count). The lowest BCUT2D eigenvalue weighted by molar-refractivity contribution is 0.0955. The van der Waals surface area contributed by atoms with E-state index in [0.717, 1.165) is 18.4 Å². The van der Waals surface area contributed by atoms with Gasteiger partial charge in [0.2, 0.25) is 0 Å². The normalized spacial score (nSPS) is 13.3. The second-order valence-electron chi connectivity index (χ2n) is 5.13. The molecule has 2 aromatic carbocycles. The van der Waals surface area contributed by atoms with Crippen molar-refractivity contribution in [3.05, 3.63) is 64.7 Å². The average Bonchev–Trinajstić information content (AvgIpc) is 2.95. The highest BCUT2D eigenvalue weighted by Gasteiger charge is 2.10. The monoisotopic (exact) mass is 280 g/mol. The first-order valence-electron chi connectivity index (χ1n) is 6.96. The molecule has 0 saturated carbocycles. The number of benzene rings is 2. The minimum atomic E-state index is -0.299. The topological polar surface area (TPSA) is 61.7 Å². The van der Waals surface area contributed by atoms with E-state index in [2.05, 4.69) is 22.7 Å². The van der Waals surface area contributed by atoms with Crippen LogP contribution < -0.4 is 5.43 Å². The van der Waals surface area contributed by atoms with Crippen LogP contribution in [0.25, 0.3) is 0 Å². The van der Waals surface area contributed by atoms with Crippen LogP contribution in [0.2, 0.25) is 0 Å². The lowest BCUT2D eigenvalue weighted by atomic mass is 10.1. The molecule has 2 aromatic rings. The summed E-state index contributed by atoms with van der Waals surface area (Å²) in [5, 5.41) is 13.2. The third-order valence-corrected chi connectivity index (χ3v) is 3.63. The van der Waals surface area contributed by atoms with Crippen LogP contribution in [0.4, 0.5) is 0 Å². The molecule has 0 unspecified atom stereocenters. The molecule has 2 N–H and O–H groups in total. The minimum absolute atomic E-state index is 0.133.